The van der Waals surface area contributed by atoms with Gasteiger partial charge in [-0.1, -0.05) is 23.7 Å². The molecule has 1 unspecified atom stereocenters. The highest BCUT2D eigenvalue weighted by molar-refractivity contribution is 6.30. The lowest BCUT2D eigenvalue weighted by Crippen LogP contribution is -2.32. The minimum Gasteiger partial charge on any atom is -0.389 e. The minimum atomic E-state index is -0.407. The Morgan fingerprint density at radius 1 is 1.33 bits per heavy atom. The third-order valence-corrected chi connectivity index (χ3v) is 3.05. The van der Waals surface area contributed by atoms with Crippen molar-refractivity contribution in [2.75, 3.05) is 33.9 Å². The molecule has 1 aromatic rings. The Balaban J connectivity index is 2.18. The van der Waals surface area contributed by atoms with Crippen molar-refractivity contribution >= 4 is 11.6 Å². The first-order chi connectivity index (χ1) is 8.61. The molecule has 1 rings (SSSR count). The zero-order valence-electron chi connectivity index (χ0n) is 11.1. The second-order valence-electron chi connectivity index (χ2n) is 4.60. The number of hydrogen-bond acceptors (Lipinski definition) is 3. The molecule has 0 saturated carbocycles. The summed E-state index contributed by atoms with van der Waals surface area (Å²) in [7, 11) is 3.62. The van der Waals surface area contributed by atoms with Crippen molar-refractivity contribution in [1.82, 2.24) is 4.90 Å². The van der Waals surface area contributed by atoms with E-state index in [-0.39, 0.29) is 0 Å². The van der Waals surface area contributed by atoms with E-state index in [1.54, 1.807) is 7.11 Å². The molecule has 3 nitrogen and oxygen atoms in total. The van der Waals surface area contributed by atoms with E-state index in [1.165, 1.54) is 5.56 Å². The van der Waals surface area contributed by atoms with Gasteiger partial charge >= 0.3 is 0 Å². The summed E-state index contributed by atoms with van der Waals surface area (Å²) in [4.78, 5) is 2.12. The monoisotopic (exact) mass is 271 g/mol. The van der Waals surface area contributed by atoms with E-state index < -0.39 is 6.10 Å². The summed E-state index contributed by atoms with van der Waals surface area (Å²) in [6.45, 7) is 2.00. The standard InChI is InChI=1S/C14H22ClNO2/c1-16(10-14(17)11-18-2)9-3-4-12-5-7-13(15)8-6-12/h5-8,14,17H,3-4,9-11H2,1-2H3. The van der Waals surface area contributed by atoms with Crippen LogP contribution in [0.25, 0.3) is 0 Å². The molecule has 4 heteroatoms. The average Bonchev–Trinajstić information content (AvgIpc) is 2.32. The zero-order chi connectivity index (χ0) is 13.4. The van der Waals surface area contributed by atoms with E-state index in [0.717, 1.165) is 24.4 Å². The number of aryl methyl sites for hydroxylation is 1. The van der Waals surface area contributed by atoms with Crippen molar-refractivity contribution < 1.29 is 9.84 Å². The molecular formula is C14H22ClNO2. The van der Waals surface area contributed by atoms with Crippen LogP contribution in [0.5, 0.6) is 0 Å². The molecule has 0 aliphatic heterocycles. The predicted molar refractivity (Wildman–Crippen MR) is 75.2 cm³/mol. The maximum Gasteiger partial charge on any atom is 0.0899 e. The Bertz CT molecular complexity index is 329. The second-order valence-corrected chi connectivity index (χ2v) is 5.04. The molecule has 0 radical (unpaired) electrons. The van der Waals surface area contributed by atoms with Crippen molar-refractivity contribution in [1.29, 1.82) is 0 Å². The first kappa shape index (κ1) is 15.4. The molecular weight excluding hydrogens is 250 g/mol. The molecule has 1 aromatic carbocycles. The maximum absolute atomic E-state index is 9.59. The fraction of sp³-hybridized carbons (Fsp3) is 0.571. The number of likely N-dealkylation sites (N-methyl/N-ethyl adjacent to an activating group) is 1. The average molecular weight is 272 g/mol. The van der Waals surface area contributed by atoms with Crippen LogP contribution in [0.3, 0.4) is 0 Å². The molecule has 102 valence electrons. The Kier molecular flexibility index (Phi) is 7.28. The summed E-state index contributed by atoms with van der Waals surface area (Å²) in [5, 5.41) is 10.4. The van der Waals surface area contributed by atoms with E-state index in [4.69, 9.17) is 16.3 Å². The van der Waals surface area contributed by atoms with Gasteiger partial charge in [0, 0.05) is 18.7 Å². The molecule has 0 heterocycles. The number of hydrogen-bond donors (Lipinski definition) is 1. The van der Waals surface area contributed by atoms with Crippen molar-refractivity contribution in [2.24, 2.45) is 0 Å². The minimum absolute atomic E-state index is 0.390. The Morgan fingerprint density at radius 2 is 2.00 bits per heavy atom. The molecule has 0 aliphatic carbocycles. The highest BCUT2D eigenvalue weighted by Crippen LogP contribution is 2.11. The Hall–Kier alpha value is -0.610. The Morgan fingerprint density at radius 3 is 2.61 bits per heavy atom. The van der Waals surface area contributed by atoms with Crippen LogP contribution >= 0.6 is 11.6 Å². The third kappa shape index (κ3) is 6.36. The zero-order valence-corrected chi connectivity index (χ0v) is 11.9. The predicted octanol–water partition coefficient (Wildman–Crippen LogP) is 2.21. The molecule has 18 heavy (non-hydrogen) atoms. The lowest BCUT2D eigenvalue weighted by molar-refractivity contribution is 0.0431. The topological polar surface area (TPSA) is 32.7 Å². The van der Waals surface area contributed by atoms with Gasteiger partial charge in [0.1, 0.15) is 0 Å². The van der Waals surface area contributed by atoms with E-state index >= 15 is 0 Å². The number of nitrogens with zero attached hydrogens (tertiary/aromatic N) is 1. The number of methoxy groups -OCH3 is 1. The number of benzene rings is 1. The van der Waals surface area contributed by atoms with Gasteiger partial charge in [0.25, 0.3) is 0 Å². The molecule has 0 spiro atoms. The van der Waals surface area contributed by atoms with E-state index in [1.807, 2.05) is 19.2 Å². The highest BCUT2D eigenvalue weighted by Gasteiger charge is 2.07. The van der Waals surface area contributed by atoms with Crippen molar-refractivity contribution in [3.8, 4) is 0 Å². The lowest BCUT2D eigenvalue weighted by Gasteiger charge is -2.19. The molecule has 0 amide bonds. The van der Waals surface area contributed by atoms with Gasteiger partial charge in [-0.3, -0.25) is 0 Å². The summed E-state index contributed by atoms with van der Waals surface area (Å²) < 4.78 is 4.90. The highest BCUT2D eigenvalue weighted by atomic mass is 35.5. The second kappa shape index (κ2) is 8.48. The summed E-state index contributed by atoms with van der Waals surface area (Å²) in [6, 6.07) is 7.95. The summed E-state index contributed by atoms with van der Waals surface area (Å²) in [6.07, 6.45) is 1.69. The van der Waals surface area contributed by atoms with Gasteiger partial charge in [-0.25, -0.2) is 0 Å². The quantitative estimate of drug-likeness (QED) is 0.787. The number of rotatable bonds is 8. The van der Waals surface area contributed by atoms with Crippen LogP contribution in [0.15, 0.2) is 24.3 Å². The SMILES string of the molecule is COCC(O)CN(C)CCCc1ccc(Cl)cc1. The van der Waals surface area contributed by atoms with E-state index in [2.05, 4.69) is 17.0 Å². The number of aliphatic hydroxyl groups excluding tert-OH is 1. The van der Waals surface area contributed by atoms with Gasteiger partial charge in [-0.15, -0.1) is 0 Å². The number of aliphatic hydroxyl groups is 1. The van der Waals surface area contributed by atoms with E-state index in [9.17, 15) is 5.11 Å². The smallest absolute Gasteiger partial charge is 0.0899 e. The molecule has 0 aromatic heterocycles. The number of halogens is 1. The van der Waals surface area contributed by atoms with Gasteiger partial charge in [0.2, 0.25) is 0 Å². The normalized spacial score (nSPS) is 12.9. The van der Waals surface area contributed by atoms with Gasteiger partial charge in [0.15, 0.2) is 0 Å². The molecule has 0 fully saturated rings. The fourth-order valence-electron chi connectivity index (χ4n) is 1.90. The molecule has 0 bridgehead atoms. The van der Waals surface area contributed by atoms with Crippen LogP contribution in [-0.2, 0) is 11.2 Å². The first-order valence-electron chi connectivity index (χ1n) is 6.22. The Labute approximate surface area is 114 Å². The van der Waals surface area contributed by atoms with Crippen molar-refractivity contribution in [2.45, 2.75) is 18.9 Å². The van der Waals surface area contributed by atoms with Crippen LogP contribution in [0.1, 0.15) is 12.0 Å². The molecule has 1 atom stereocenters. The molecule has 1 N–H and O–H groups in total. The third-order valence-electron chi connectivity index (χ3n) is 2.80. The summed E-state index contributed by atoms with van der Waals surface area (Å²) in [5.41, 5.74) is 1.30. The molecule has 0 saturated heterocycles. The van der Waals surface area contributed by atoms with Crippen LogP contribution in [0.4, 0.5) is 0 Å². The van der Waals surface area contributed by atoms with Gasteiger partial charge in [0.05, 0.1) is 12.7 Å². The summed E-state index contributed by atoms with van der Waals surface area (Å²) >= 11 is 5.84. The maximum atomic E-state index is 9.59. The number of ether oxygens (including phenoxy) is 1. The lowest BCUT2D eigenvalue weighted by atomic mass is 10.1. The fourth-order valence-corrected chi connectivity index (χ4v) is 2.03. The van der Waals surface area contributed by atoms with Gasteiger partial charge in [-0.2, -0.15) is 0 Å². The van der Waals surface area contributed by atoms with Crippen LogP contribution < -0.4 is 0 Å². The summed E-state index contributed by atoms with van der Waals surface area (Å²) in [5.74, 6) is 0. The first-order valence-corrected chi connectivity index (χ1v) is 6.59. The molecule has 0 aliphatic rings. The van der Waals surface area contributed by atoms with Gasteiger partial charge < -0.3 is 14.7 Å². The van der Waals surface area contributed by atoms with E-state index in [0.29, 0.717) is 13.2 Å². The largest absolute Gasteiger partial charge is 0.389 e. The van der Waals surface area contributed by atoms with Crippen LogP contribution in [0, 0.1) is 0 Å². The van der Waals surface area contributed by atoms with Crippen molar-refractivity contribution in [3.05, 3.63) is 34.9 Å². The van der Waals surface area contributed by atoms with Crippen LogP contribution in [0.2, 0.25) is 5.02 Å². The van der Waals surface area contributed by atoms with Gasteiger partial charge in [-0.05, 0) is 44.1 Å². The van der Waals surface area contributed by atoms with Crippen molar-refractivity contribution in [3.63, 3.8) is 0 Å². The van der Waals surface area contributed by atoms with Crippen LogP contribution in [-0.4, -0.2) is 50.0 Å².